The normalized spacial score (nSPS) is 20.4. The minimum atomic E-state index is -1.05. The molecule has 3 aliphatic rings. The number of cyclic esters (lactones) is 1. The zero-order valence-corrected chi connectivity index (χ0v) is 22.9. The molecule has 9 nitrogen and oxygen atoms in total. The van der Waals surface area contributed by atoms with E-state index in [-0.39, 0.29) is 18.3 Å². The molecule has 1 spiro atoms. The monoisotopic (exact) mass is 576 g/mol. The maximum absolute atomic E-state index is 13.7. The molecule has 5 rings (SSSR count). The van der Waals surface area contributed by atoms with Crippen LogP contribution in [-0.4, -0.2) is 67.9 Å². The van der Waals surface area contributed by atoms with E-state index in [9.17, 15) is 23.2 Å². The number of piperidine rings is 1. The van der Waals surface area contributed by atoms with Crippen LogP contribution < -0.4 is 10.2 Å². The van der Waals surface area contributed by atoms with Crippen LogP contribution in [0.3, 0.4) is 0 Å². The third-order valence-corrected chi connectivity index (χ3v) is 8.11. The fourth-order valence-electron chi connectivity index (χ4n) is 5.59. The number of likely N-dealkylation sites (tertiary alicyclic amines) is 1. The molecular formula is C28H31ClF2N4O5. The Kier molecular flexibility index (Phi) is 8.14. The molecule has 3 heterocycles. The highest BCUT2D eigenvalue weighted by Crippen LogP contribution is 2.46. The molecule has 214 valence electrons. The number of carbonyl (C=O) groups is 3. The van der Waals surface area contributed by atoms with E-state index in [2.05, 4.69) is 10.2 Å². The summed E-state index contributed by atoms with van der Waals surface area (Å²) in [5.74, 6) is -2.06. The largest absolute Gasteiger partial charge is 0.446 e. The second-order valence-electron chi connectivity index (χ2n) is 10.4. The summed E-state index contributed by atoms with van der Waals surface area (Å²) < 4.78 is 37.9. The van der Waals surface area contributed by atoms with Gasteiger partial charge >= 0.3 is 18.2 Å². The SMILES string of the molecule is CN1C(=O)OC2(CCN(CCCCCNC(=O)N3C(=O)OCC3c3ccc(F)c(F)c3)CC2)c2cc(Cl)ccc21. The first kappa shape index (κ1) is 28.1. The highest BCUT2D eigenvalue weighted by Gasteiger charge is 2.46. The Labute approximate surface area is 235 Å². The van der Waals surface area contributed by atoms with Gasteiger partial charge in [0.25, 0.3) is 0 Å². The molecule has 12 heteroatoms. The molecule has 2 saturated heterocycles. The summed E-state index contributed by atoms with van der Waals surface area (Å²) in [7, 11) is 1.70. The Morgan fingerprint density at radius 2 is 1.82 bits per heavy atom. The third-order valence-electron chi connectivity index (χ3n) is 7.88. The van der Waals surface area contributed by atoms with Crippen molar-refractivity contribution < 1.29 is 32.6 Å². The highest BCUT2D eigenvalue weighted by molar-refractivity contribution is 6.30. The fraction of sp³-hybridized carbons (Fsp3) is 0.464. The van der Waals surface area contributed by atoms with Gasteiger partial charge in [0.2, 0.25) is 0 Å². The molecule has 2 fully saturated rings. The number of imide groups is 1. The third kappa shape index (κ3) is 5.57. The van der Waals surface area contributed by atoms with Gasteiger partial charge in [-0.05, 0) is 55.3 Å². The lowest BCUT2D eigenvalue weighted by molar-refractivity contribution is -0.0415. The molecule has 1 unspecified atom stereocenters. The van der Waals surface area contributed by atoms with Crippen LogP contribution in [0.1, 0.15) is 49.3 Å². The molecule has 2 aromatic rings. The van der Waals surface area contributed by atoms with Crippen LogP contribution in [0.5, 0.6) is 0 Å². The second-order valence-corrected chi connectivity index (χ2v) is 10.8. The van der Waals surface area contributed by atoms with Crippen molar-refractivity contribution in [2.75, 3.05) is 44.7 Å². The summed E-state index contributed by atoms with van der Waals surface area (Å²) in [6.07, 6.45) is 2.66. The Hall–Kier alpha value is -3.44. The molecule has 0 aliphatic carbocycles. The van der Waals surface area contributed by atoms with Crippen molar-refractivity contribution in [2.24, 2.45) is 0 Å². The molecule has 3 aliphatic heterocycles. The molecule has 1 atom stereocenters. The first-order valence-electron chi connectivity index (χ1n) is 13.4. The number of hydrogen-bond acceptors (Lipinski definition) is 6. The van der Waals surface area contributed by atoms with Crippen molar-refractivity contribution >= 4 is 35.5 Å². The summed E-state index contributed by atoms with van der Waals surface area (Å²) in [6, 6.07) is 7.34. The minimum Gasteiger partial charge on any atom is -0.446 e. The van der Waals surface area contributed by atoms with Crippen molar-refractivity contribution in [3.8, 4) is 0 Å². The lowest BCUT2D eigenvalue weighted by Gasteiger charge is -2.46. The van der Waals surface area contributed by atoms with E-state index in [0.717, 1.165) is 60.8 Å². The zero-order chi connectivity index (χ0) is 28.4. The van der Waals surface area contributed by atoms with Crippen LogP contribution in [0.4, 0.5) is 28.9 Å². The van der Waals surface area contributed by atoms with E-state index >= 15 is 0 Å². The van der Waals surface area contributed by atoms with E-state index in [0.29, 0.717) is 30.8 Å². The highest BCUT2D eigenvalue weighted by atomic mass is 35.5. The lowest BCUT2D eigenvalue weighted by Crippen LogP contribution is -2.50. The van der Waals surface area contributed by atoms with Gasteiger partial charge in [-0.15, -0.1) is 0 Å². The Balaban J connectivity index is 1.05. The minimum absolute atomic E-state index is 0.122. The van der Waals surface area contributed by atoms with Crippen molar-refractivity contribution in [2.45, 2.75) is 43.7 Å². The number of amides is 4. The van der Waals surface area contributed by atoms with Gasteiger partial charge in [0.05, 0.1) is 5.69 Å². The predicted molar refractivity (Wildman–Crippen MR) is 143 cm³/mol. The standard InChI is InChI=1S/C28H31ClF2N4O5/c1-33-23-8-6-19(29)16-20(23)28(40-26(33)37)9-13-34(14-10-28)12-4-2-3-11-32-25(36)35-24(17-39-27(35)38)18-5-7-21(30)22(31)15-18/h5-8,15-16,24H,2-4,9-14,17H2,1H3,(H,32,36). The van der Waals surface area contributed by atoms with Crippen LogP contribution >= 0.6 is 11.6 Å². The Morgan fingerprint density at radius 1 is 1.05 bits per heavy atom. The van der Waals surface area contributed by atoms with Gasteiger partial charge in [0.15, 0.2) is 11.6 Å². The van der Waals surface area contributed by atoms with E-state index in [1.54, 1.807) is 13.1 Å². The van der Waals surface area contributed by atoms with E-state index in [4.69, 9.17) is 21.1 Å². The number of ether oxygens (including phenoxy) is 2. The maximum atomic E-state index is 13.7. The average molecular weight is 577 g/mol. The number of unbranched alkanes of at least 4 members (excludes halogenated alkanes) is 2. The molecule has 0 saturated carbocycles. The quantitative estimate of drug-likeness (QED) is 0.433. The van der Waals surface area contributed by atoms with E-state index < -0.39 is 35.4 Å². The number of benzene rings is 2. The predicted octanol–water partition coefficient (Wildman–Crippen LogP) is 5.57. The number of carbonyl (C=O) groups excluding carboxylic acids is 3. The van der Waals surface area contributed by atoms with Crippen LogP contribution in [0.25, 0.3) is 0 Å². The van der Waals surface area contributed by atoms with Crippen molar-refractivity contribution in [1.29, 1.82) is 0 Å². The van der Waals surface area contributed by atoms with Gasteiger partial charge in [-0.25, -0.2) is 28.1 Å². The van der Waals surface area contributed by atoms with Gasteiger partial charge in [0, 0.05) is 50.1 Å². The van der Waals surface area contributed by atoms with Crippen molar-refractivity contribution in [3.63, 3.8) is 0 Å². The topological polar surface area (TPSA) is 91.4 Å². The molecule has 2 aromatic carbocycles. The van der Waals surface area contributed by atoms with E-state index in [1.165, 1.54) is 11.0 Å². The number of fused-ring (bicyclic) bond motifs is 2. The smallest absolute Gasteiger partial charge is 0.418 e. The molecule has 0 radical (unpaired) electrons. The van der Waals surface area contributed by atoms with Crippen molar-refractivity contribution in [3.05, 3.63) is 64.2 Å². The first-order valence-corrected chi connectivity index (χ1v) is 13.7. The summed E-state index contributed by atoms with van der Waals surface area (Å²) in [6.45, 7) is 2.67. The molecule has 4 amide bonds. The number of hydrogen-bond donors (Lipinski definition) is 1. The molecule has 0 bridgehead atoms. The van der Waals surface area contributed by atoms with Gasteiger partial charge in [-0.1, -0.05) is 24.1 Å². The number of halogens is 3. The molecule has 0 aromatic heterocycles. The maximum Gasteiger partial charge on any atom is 0.418 e. The number of nitrogens with one attached hydrogen (secondary N) is 1. The molecule has 40 heavy (non-hydrogen) atoms. The number of urea groups is 1. The second kappa shape index (κ2) is 11.6. The van der Waals surface area contributed by atoms with Gasteiger partial charge < -0.3 is 19.7 Å². The summed E-state index contributed by atoms with van der Waals surface area (Å²) in [5, 5.41) is 3.33. The number of nitrogens with zero attached hydrogens (tertiary/aromatic N) is 3. The summed E-state index contributed by atoms with van der Waals surface area (Å²) in [4.78, 5) is 42.0. The van der Waals surface area contributed by atoms with Crippen LogP contribution in [-0.2, 0) is 15.1 Å². The average Bonchev–Trinajstić information content (AvgIpc) is 3.33. The fourth-order valence-corrected chi connectivity index (χ4v) is 5.76. The van der Waals surface area contributed by atoms with Crippen LogP contribution in [0.2, 0.25) is 5.02 Å². The first-order chi connectivity index (χ1) is 19.2. The number of rotatable bonds is 7. The zero-order valence-electron chi connectivity index (χ0n) is 22.1. The van der Waals surface area contributed by atoms with Crippen LogP contribution in [0.15, 0.2) is 36.4 Å². The van der Waals surface area contributed by atoms with E-state index in [1.807, 2.05) is 12.1 Å². The lowest BCUT2D eigenvalue weighted by atomic mass is 9.82. The van der Waals surface area contributed by atoms with Gasteiger partial charge in [-0.2, -0.15) is 0 Å². The molecule has 1 N–H and O–H groups in total. The van der Waals surface area contributed by atoms with Gasteiger partial charge in [-0.3, -0.25) is 4.90 Å². The van der Waals surface area contributed by atoms with Crippen LogP contribution in [0, 0.1) is 11.6 Å². The molecular weight excluding hydrogens is 546 g/mol. The number of anilines is 1. The van der Waals surface area contributed by atoms with Gasteiger partial charge in [0.1, 0.15) is 18.2 Å². The summed E-state index contributed by atoms with van der Waals surface area (Å²) in [5.41, 5.74) is 1.39. The summed E-state index contributed by atoms with van der Waals surface area (Å²) >= 11 is 6.26. The Morgan fingerprint density at radius 3 is 2.58 bits per heavy atom. The van der Waals surface area contributed by atoms with Crippen molar-refractivity contribution in [1.82, 2.24) is 15.1 Å². The Bertz CT molecular complexity index is 1300.